The van der Waals surface area contributed by atoms with Gasteiger partial charge in [0.1, 0.15) is 11.8 Å². The Bertz CT molecular complexity index is 645. The van der Waals surface area contributed by atoms with E-state index in [1.807, 2.05) is 17.9 Å². The Morgan fingerprint density at radius 3 is 3.22 bits per heavy atom. The molecule has 2 aromatic heterocycles. The van der Waals surface area contributed by atoms with Crippen LogP contribution in [0.4, 0.5) is 5.82 Å². The van der Waals surface area contributed by atoms with Gasteiger partial charge in [0.05, 0.1) is 31.8 Å². The van der Waals surface area contributed by atoms with Gasteiger partial charge in [-0.15, -0.1) is 0 Å². The maximum Gasteiger partial charge on any atom is 0.243 e. The van der Waals surface area contributed by atoms with Crippen LogP contribution in [0.15, 0.2) is 35.2 Å². The summed E-state index contributed by atoms with van der Waals surface area (Å²) in [4.78, 5) is 23.0. The maximum absolute atomic E-state index is 12.5. The number of hydrogen-bond acceptors (Lipinski definition) is 6. The predicted octanol–water partition coefficient (Wildman–Crippen LogP) is 1.75. The Labute approximate surface area is 134 Å². The van der Waals surface area contributed by atoms with Gasteiger partial charge in [-0.1, -0.05) is 0 Å². The normalized spacial score (nSPS) is 17.3. The summed E-state index contributed by atoms with van der Waals surface area (Å²) in [5, 5.41) is 2.91. The van der Waals surface area contributed by atoms with Gasteiger partial charge in [-0.3, -0.25) is 9.78 Å². The van der Waals surface area contributed by atoms with E-state index in [1.165, 1.54) is 0 Å². The van der Waals surface area contributed by atoms with E-state index in [9.17, 15) is 4.79 Å². The molecule has 3 heterocycles. The highest BCUT2D eigenvalue weighted by Gasteiger charge is 2.32. The lowest BCUT2D eigenvalue weighted by atomic mass is 10.2. The first-order valence-corrected chi connectivity index (χ1v) is 7.79. The lowest BCUT2D eigenvalue weighted by molar-refractivity contribution is -0.122. The molecule has 1 saturated heterocycles. The van der Waals surface area contributed by atoms with E-state index >= 15 is 0 Å². The molecule has 1 aliphatic heterocycles. The quantitative estimate of drug-likeness (QED) is 0.874. The van der Waals surface area contributed by atoms with Crippen LogP contribution in [-0.2, 0) is 11.3 Å². The average molecular weight is 316 g/mol. The molecule has 23 heavy (non-hydrogen) atoms. The molecule has 0 spiro atoms. The van der Waals surface area contributed by atoms with Crippen LogP contribution >= 0.6 is 0 Å². The Hall–Kier alpha value is -2.57. The zero-order chi connectivity index (χ0) is 16.1. The lowest BCUT2D eigenvalue weighted by Crippen LogP contribution is -2.43. The zero-order valence-electron chi connectivity index (χ0n) is 13.1. The first-order chi connectivity index (χ1) is 11.3. The van der Waals surface area contributed by atoms with Crippen LogP contribution in [0.2, 0.25) is 0 Å². The molecule has 122 valence electrons. The molecule has 1 amide bonds. The summed E-state index contributed by atoms with van der Waals surface area (Å²) < 4.78 is 10.6. The number of furan rings is 1. The van der Waals surface area contributed by atoms with E-state index in [2.05, 4.69) is 15.3 Å². The second-order valence-electron chi connectivity index (χ2n) is 5.30. The number of ether oxygens (including phenoxy) is 1. The molecule has 0 aromatic carbocycles. The third-order valence-corrected chi connectivity index (χ3v) is 3.76. The van der Waals surface area contributed by atoms with Gasteiger partial charge in [0.2, 0.25) is 11.8 Å². The summed E-state index contributed by atoms with van der Waals surface area (Å²) >= 11 is 0. The highest BCUT2D eigenvalue weighted by molar-refractivity contribution is 5.85. The summed E-state index contributed by atoms with van der Waals surface area (Å²) in [5.41, 5.74) is 0. The summed E-state index contributed by atoms with van der Waals surface area (Å²) in [6.07, 6.45) is 6.58. The van der Waals surface area contributed by atoms with Gasteiger partial charge in [-0.25, -0.2) is 0 Å². The van der Waals surface area contributed by atoms with E-state index < -0.39 is 0 Å². The number of nitrogens with one attached hydrogen (secondary N) is 1. The van der Waals surface area contributed by atoms with Crippen molar-refractivity contribution in [2.24, 2.45) is 0 Å². The number of carbonyl (C=O) groups excluding carboxylic acids is 1. The van der Waals surface area contributed by atoms with Gasteiger partial charge in [0.15, 0.2) is 5.82 Å². The molecule has 1 N–H and O–H groups in total. The highest BCUT2D eigenvalue weighted by atomic mass is 16.5. The van der Waals surface area contributed by atoms with Gasteiger partial charge in [0, 0.05) is 6.54 Å². The van der Waals surface area contributed by atoms with Crippen molar-refractivity contribution in [1.82, 2.24) is 15.3 Å². The standard InChI is InChI=1S/C16H20N4O3/c1-2-22-15-11-17-10-14(19-15)20-7-3-6-13(20)16(21)18-9-12-5-4-8-23-12/h4-5,8,10-11,13H,2-3,6-7,9H2,1H3,(H,18,21)/t13-/m1/s1. The lowest BCUT2D eigenvalue weighted by Gasteiger charge is -2.24. The third-order valence-electron chi connectivity index (χ3n) is 3.76. The number of rotatable bonds is 6. The molecule has 7 nitrogen and oxygen atoms in total. The van der Waals surface area contributed by atoms with Crippen molar-refractivity contribution in [3.05, 3.63) is 36.5 Å². The molecule has 1 fully saturated rings. The Morgan fingerprint density at radius 1 is 1.52 bits per heavy atom. The molecule has 1 aliphatic rings. The van der Waals surface area contributed by atoms with Gasteiger partial charge < -0.3 is 19.4 Å². The van der Waals surface area contributed by atoms with Crippen LogP contribution in [0.25, 0.3) is 0 Å². The highest BCUT2D eigenvalue weighted by Crippen LogP contribution is 2.25. The van der Waals surface area contributed by atoms with Crippen LogP contribution in [0.1, 0.15) is 25.5 Å². The van der Waals surface area contributed by atoms with E-state index in [0.29, 0.717) is 24.8 Å². The van der Waals surface area contributed by atoms with E-state index in [0.717, 1.165) is 25.1 Å². The smallest absolute Gasteiger partial charge is 0.243 e. The molecule has 0 aliphatic carbocycles. The van der Waals surface area contributed by atoms with Crippen molar-refractivity contribution in [2.45, 2.75) is 32.4 Å². The zero-order valence-corrected chi connectivity index (χ0v) is 13.1. The molecule has 1 atom stereocenters. The van der Waals surface area contributed by atoms with Crippen LogP contribution in [0.5, 0.6) is 5.88 Å². The van der Waals surface area contributed by atoms with Crippen LogP contribution in [0.3, 0.4) is 0 Å². The summed E-state index contributed by atoms with van der Waals surface area (Å²) in [6.45, 7) is 3.60. The van der Waals surface area contributed by atoms with Crippen LogP contribution < -0.4 is 15.0 Å². The fraction of sp³-hybridized carbons (Fsp3) is 0.438. The first kappa shape index (κ1) is 15.3. The predicted molar refractivity (Wildman–Crippen MR) is 84.1 cm³/mol. The molecule has 0 saturated carbocycles. The number of aromatic nitrogens is 2. The van der Waals surface area contributed by atoms with E-state index in [4.69, 9.17) is 9.15 Å². The van der Waals surface area contributed by atoms with Gasteiger partial charge in [0.25, 0.3) is 0 Å². The Kier molecular flexibility index (Phi) is 4.75. The molecule has 0 radical (unpaired) electrons. The van der Waals surface area contributed by atoms with Crippen molar-refractivity contribution in [3.63, 3.8) is 0 Å². The number of amides is 1. The van der Waals surface area contributed by atoms with E-state index in [1.54, 1.807) is 24.7 Å². The minimum atomic E-state index is -0.240. The topological polar surface area (TPSA) is 80.5 Å². The number of anilines is 1. The van der Waals surface area contributed by atoms with Gasteiger partial charge in [-0.2, -0.15) is 4.98 Å². The SMILES string of the molecule is CCOc1cncc(N2CCC[C@@H]2C(=O)NCc2ccco2)n1. The minimum absolute atomic E-state index is 0.0255. The molecule has 0 unspecified atom stereocenters. The molecule has 2 aromatic rings. The van der Waals surface area contributed by atoms with Crippen LogP contribution in [-0.4, -0.2) is 35.1 Å². The van der Waals surface area contributed by atoms with Crippen molar-refractivity contribution < 1.29 is 13.9 Å². The molecule has 7 heteroatoms. The molecule has 0 bridgehead atoms. The van der Waals surface area contributed by atoms with Crippen LogP contribution in [0, 0.1) is 0 Å². The van der Waals surface area contributed by atoms with Crippen molar-refractivity contribution in [1.29, 1.82) is 0 Å². The van der Waals surface area contributed by atoms with E-state index in [-0.39, 0.29) is 11.9 Å². The summed E-state index contributed by atoms with van der Waals surface area (Å²) in [5.74, 6) is 1.86. The summed E-state index contributed by atoms with van der Waals surface area (Å²) in [7, 11) is 0. The fourth-order valence-corrected chi connectivity index (χ4v) is 2.71. The van der Waals surface area contributed by atoms with Gasteiger partial charge in [-0.05, 0) is 31.9 Å². The number of nitrogens with zero attached hydrogens (tertiary/aromatic N) is 3. The first-order valence-electron chi connectivity index (χ1n) is 7.79. The van der Waals surface area contributed by atoms with Crippen molar-refractivity contribution >= 4 is 11.7 Å². The van der Waals surface area contributed by atoms with Crippen molar-refractivity contribution in [3.8, 4) is 5.88 Å². The average Bonchev–Trinajstić information content (AvgIpc) is 3.25. The Morgan fingerprint density at radius 2 is 2.43 bits per heavy atom. The van der Waals surface area contributed by atoms with Crippen molar-refractivity contribution in [2.75, 3.05) is 18.1 Å². The second kappa shape index (κ2) is 7.13. The molecular formula is C16H20N4O3. The summed E-state index contributed by atoms with van der Waals surface area (Å²) in [6, 6.07) is 3.40. The molecular weight excluding hydrogens is 296 g/mol. The monoisotopic (exact) mass is 316 g/mol. The third kappa shape index (κ3) is 3.61. The fourth-order valence-electron chi connectivity index (χ4n) is 2.71. The number of carbonyl (C=O) groups is 1. The minimum Gasteiger partial charge on any atom is -0.477 e. The molecule has 3 rings (SSSR count). The number of hydrogen-bond donors (Lipinski definition) is 1. The Balaban J connectivity index is 1.67. The largest absolute Gasteiger partial charge is 0.477 e. The van der Waals surface area contributed by atoms with Gasteiger partial charge >= 0.3 is 0 Å². The maximum atomic E-state index is 12.5. The second-order valence-corrected chi connectivity index (χ2v) is 5.30.